The molecule has 3 rings (SSSR count). The molecule has 1 fully saturated rings. The molecule has 0 amide bonds. The molecule has 0 saturated heterocycles. The summed E-state index contributed by atoms with van der Waals surface area (Å²) in [5, 5.41) is 12.5. The van der Waals surface area contributed by atoms with E-state index in [2.05, 4.69) is 5.16 Å². The van der Waals surface area contributed by atoms with E-state index in [0.29, 0.717) is 17.2 Å². The standard InChI is InChI=1S/C16H16FNO3/c17-13-8-11(14-9-15(16(19)20)21-18-14)6-7-12(13)10-4-2-1-3-5-10/h6-10H,1-5H2,(H,19,20). The van der Waals surface area contributed by atoms with Crippen molar-refractivity contribution in [1.29, 1.82) is 0 Å². The zero-order valence-corrected chi connectivity index (χ0v) is 11.5. The number of halogens is 1. The van der Waals surface area contributed by atoms with Crippen LogP contribution in [0.2, 0.25) is 0 Å². The molecule has 4 nitrogen and oxygen atoms in total. The Morgan fingerprint density at radius 2 is 2.00 bits per heavy atom. The van der Waals surface area contributed by atoms with Crippen LogP contribution in [0.3, 0.4) is 0 Å². The fourth-order valence-corrected chi connectivity index (χ4v) is 2.94. The van der Waals surface area contributed by atoms with Crippen LogP contribution in [-0.4, -0.2) is 16.2 Å². The van der Waals surface area contributed by atoms with Crippen molar-refractivity contribution in [3.05, 3.63) is 41.4 Å². The van der Waals surface area contributed by atoms with Crippen molar-refractivity contribution < 1.29 is 18.8 Å². The third-order valence-corrected chi connectivity index (χ3v) is 4.06. The Labute approximate surface area is 121 Å². The minimum Gasteiger partial charge on any atom is -0.475 e. The maximum atomic E-state index is 14.3. The molecule has 0 radical (unpaired) electrons. The molecule has 1 heterocycles. The first-order valence-electron chi connectivity index (χ1n) is 7.15. The van der Waals surface area contributed by atoms with E-state index in [-0.39, 0.29) is 11.6 Å². The first kappa shape index (κ1) is 13.8. The predicted octanol–water partition coefficient (Wildman–Crippen LogP) is 4.23. The zero-order chi connectivity index (χ0) is 14.8. The number of hydrogen-bond donors (Lipinski definition) is 1. The zero-order valence-electron chi connectivity index (χ0n) is 11.5. The van der Waals surface area contributed by atoms with Crippen molar-refractivity contribution in [2.24, 2.45) is 0 Å². The Bertz CT molecular complexity index is 659. The second kappa shape index (κ2) is 5.68. The van der Waals surface area contributed by atoms with Gasteiger partial charge in [0.15, 0.2) is 0 Å². The number of aromatic nitrogens is 1. The first-order valence-corrected chi connectivity index (χ1v) is 7.15. The molecule has 0 unspecified atom stereocenters. The van der Waals surface area contributed by atoms with Crippen LogP contribution in [0.4, 0.5) is 4.39 Å². The van der Waals surface area contributed by atoms with Crippen molar-refractivity contribution >= 4 is 5.97 Å². The lowest BCUT2D eigenvalue weighted by molar-refractivity contribution is 0.0652. The smallest absolute Gasteiger partial charge is 0.374 e. The van der Waals surface area contributed by atoms with Gasteiger partial charge in [0.05, 0.1) is 0 Å². The van der Waals surface area contributed by atoms with Gasteiger partial charge < -0.3 is 9.63 Å². The minimum atomic E-state index is -1.19. The average molecular weight is 289 g/mol. The predicted molar refractivity (Wildman–Crippen MR) is 74.7 cm³/mol. The van der Waals surface area contributed by atoms with Gasteiger partial charge in [0.25, 0.3) is 0 Å². The van der Waals surface area contributed by atoms with E-state index in [1.165, 1.54) is 18.6 Å². The van der Waals surface area contributed by atoms with Gasteiger partial charge in [-0.2, -0.15) is 0 Å². The number of hydrogen-bond acceptors (Lipinski definition) is 3. The lowest BCUT2D eigenvalue weighted by Gasteiger charge is -2.22. The number of carboxylic acids is 1. The number of benzene rings is 1. The largest absolute Gasteiger partial charge is 0.475 e. The number of rotatable bonds is 3. The highest BCUT2D eigenvalue weighted by Crippen LogP contribution is 2.35. The van der Waals surface area contributed by atoms with E-state index >= 15 is 0 Å². The maximum absolute atomic E-state index is 14.3. The van der Waals surface area contributed by atoms with Crippen molar-refractivity contribution in [2.45, 2.75) is 38.0 Å². The Kier molecular flexibility index (Phi) is 3.73. The number of nitrogens with zero attached hydrogens (tertiary/aromatic N) is 1. The van der Waals surface area contributed by atoms with Crippen molar-refractivity contribution in [1.82, 2.24) is 5.16 Å². The number of aromatic carboxylic acids is 1. The maximum Gasteiger partial charge on any atom is 0.374 e. The first-order chi connectivity index (χ1) is 10.1. The quantitative estimate of drug-likeness (QED) is 0.918. The topological polar surface area (TPSA) is 63.3 Å². The highest BCUT2D eigenvalue weighted by molar-refractivity contribution is 5.85. The second-order valence-electron chi connectivity index (χ2n) is 5.45. The Morgan fingerprint density at radius 1 is 1.24 bits per heavy atom. The molecule has 1 aromatic heterocycles. The lowest BCUT2D eigenvalue weighted by Crippen LogP contribution is -2.06. The fourth-order valence-electron chi connectivity index (χ4n) is 2.94. The summed E-state index contributed by atoms with van der Waals surface area (Å²) in [6.45, 7) is 0. The summed E-state index contributed by atoms with van der Waals surface area (Å²) in [6.07, 6.45) is 5.59. The van der Waals surface area contributed by atoms with Crippen LogP contribution in [0.1, 0.15) is 54.1 Å². The van der Waals surface area contributed by atoms with Gasteiger partial charge in [-0.1, -0.05) is 36.6 Å². The van der Waals surface area contributed by atoms with Crippen LogP contribution in [-0.2, 0) is 0 Å². The molecule has 1 saturated carbocycles. The molecule has 110 valence electrons. The van der Waals surface area contributed by atoms with Gasteiger partial charge in [0, 0.05) is 11.6 Å². The Morgan fingerprint density at radius 3 is 2.62 bits per heavy atom. The molecular formula is C16H16FNO3. The van der Waals surface area contributed by atoms with Crippen molar-refractivity contribution in [3.8, 4) is 11.3 Å². The summed E-state index contributed by atoms with van der Waals surface area (Å²) >= 11 is 0. The van der Waals surface area contributed by atoms with Gasteiger partial charge in [-0.05, 0) is 30.4 Å². The summed E-state index contributed by atoms with van der Waals surface area (Å²) in [5.41, 5.74) is 1.62. The van der Waals surface area contributed by atoms with E-state index in [0.717, 1.165) is 31.2 Å². The van der Waals surface area contributed by atoms with Gasteiger partial charge in [-0.25, -0.2) is 9.18 Å². The molecule has 5 heteroatoms. The van der Waals surface area contributed by atoms with Gasteiger partial charge in [-0.3, -0.25) is 0 Å². The molecule has 1 aliphatic rings. The average Bonchev–Trinajstić information content (AvgIpc) is 2.98. The molecule has 2 aromatic rings. The van der Waals surface area contributed by atoms with Crippen LogP contribution in [0.15, 0.2) is 28.8 Å². The van der Waals surface area contributed by atoms with E-state index in [4.69, 9.17) is 9.63 Å². The highest BCUT2D eigenvalue weighted by Gasteiger charge is 2.20. The van der Waals surface area contributed by atoms with Gasteiger partial charge in [0.2, 0.25) is 5.76 Å². The molecule has 0 spiro atoms. The van der Waals surface area contributed by atoms with E-state index in [9.17, 15) is 9.18 Å². The third kappa shape index (κ3) is 2.82. The summed E-state index contributed by atoms with van der Waals surface area (Å²) in [4.78, 5) is 10.8. The molecule has 0 bridgehead atoms. The van der Waals surface area contributed by atoms with Gasteiger partial charge in [0.1, 0.15) is 11.5 Å². The second-order valence-corrected chi connectivity index (χ2v) is 5.45. The van der Waals surface area contributed by atoms with Crippen LogP contribution in [0.5, 0.6) is 0 Å². The highest BCUT2D eigenvalue weighted by atomic mass is 19.1. The fraction of sp³-hybridized carbons (Fsp3) is 0.375. The molecule has 1 aromatic carbocycles. The number of carbonyl (C=O) groups is 1. The summed E-state index contributed by atoms with van der Waals surface area (Å²) in [5.74, 6) is -1.39. The third-order valence-electron chi connectivity index (χ3n) is 4.06. The molecular weight excluding hydrogens is 273 g/mol. The van der Waals surface area contributed by atoms with Crippen LogP contribution in [0.25, 0.3) is 11.3 Å². The molecule has 1 aliphatic carbocycles. The van der Waals surface area contributed by atoms with Crippen LogP contribution >= 0.6 is 0 Å². The summed E-state index contributed by atoms with van der Waals surface area (Å²) in [6, 6.07) is 6.27. The molecule has 21 heavy (non-hydrogen) atoms. The van der Waals surface area contributed by atoms with Gasteiger partial charge in [-0.15, -0.1) is 0 Å². The monoisotopic (exact) mass is 289 g/mol. The van der Waals surface area contributed by atoms with E-state index < -0.39 is 5.97 Å². The molecule has 1 N–H and O–H groups in total. The van der Waals surface area contributed by atoms with E-state index in [1.807, 2.05) is 0 Å². The van der Waals surface area contributed by atoms with E-state index in [1.54, 1.807) is 12.1 Å². The number of carboxylic acid groups (broad SMARTS) is 1. The Hall–Kier alpha value is -2.17. The normalized spacial score (nSPS) is 16.0. The van der Waals surface area contributed by atoms with Crippen LogP contribution < -0.4 is 0 Å². The van der Waals surface area contributed by atoms with Crippen molar-refractivity contribution in [3.63, 3.8) is 0 Å². The van der Waals surface area contributed by atoms with Gasteiger partial charge >= 0.3 is 5.97 Å². The SMILES string of the molecule is O=C(O)c1cc(-c2ccc(C3CCCCC3)c(F)c2)no1. The van der Waals surface area contributed by atoms with Crippen LogP contribution in [0, 0.1) is 5.82 Å². The minimum absolute atomic E-state index is 0.248. The lowest BCUT2D eigenvalue weighted by atomic mass is 9.83. The Balaban J connectivity index is 1.87. The van der Waals surface area contributed by atoms with Crippen molar-refractivity contribution in [2.75, 3.05) is 0 Å². The molecule has 0 atom stereocenters. The summed E-state index contributed by atoms with van der Waals surface area (Å²) in [7, 11) is 0. The molecule has 0 aliphatic heterocycles. The summed E-state index contributed by atoms with van der Waals surface area (Å²) < 4.78 is 19.0.